The minimum Gasteiger partial charge on any atom is -0.393 e. The van der Waals surface area contributed by atoms with Crippen LogP contribution in [0.5, 0.6) is 0 Å². The van der Waals surface area contributed by atoms with E-state index in [4.69, 9.17) is 11.5 Å². The highest BCUT2D eigenvalue weighted by atomic mass is 19.4. The molecule has 0 saturated heterocycles. The molecule has 8 heteroatoms. The highest BCUT2D eigenvalue weighted by Gasteiger charge is 2.33. The summed E-state index contributed by atoms with van der Waals surface area (Å²) < 4.78 is 38.4. The van der Waals surface area contributed by atoms with E-state index in [1.165, 1.54) is 18.2 Å². The maximum atomic E-state index is 12.8. The van der Waals surface area contributed by atoms with Gasteiger partial charge in [-0.15, -0.1) is 0 Å². The van der Waals surface area contributed by atoms with Gasteiger partial charge in [-0.2, -0.15) is 13.2 Å². The van der Waals surface area contributed by atoms with Crippen LogP contribution in [0.1, 0.15) is 5.56 Å². The van der Waals surface area contributed by atoms with Gasteiger partial charge in [-0.05, 0) is 12.1 Å². The van der Waals surface area contributed by atoms with Gasteiger partial charge >= 0.3 is 6.18 Å². The molecule has 2 aromatic rings. The van der Waals surface area contributed by atoms with Crippen LogP contribution in [-0.2, 0) is 6.18 Å². The molecule has 2 rings (SSSR count). The first-order valence-corrected chi connectivity index (χ1v) is 5.19. The Balaban J connectivity index is 2.42. The van der Waals surface area contributed by atoms with Gasteiger partial charge in [0.15, 0.2) is 11.6 Å². The highest BCUT2D eigenvalue weighted by molar-refractivity contribution is 5.77. The molecule has 0 aliphatic rings. The maximum Gasteiger partial charge on any atom is 0.418 e. The zero-order chi connectivity index (χ0) is 14.0. The molecule has 0 radical (unpaired) electrons. The van der Waals surface area contributed by atoms with Crippen molar-refractivity contribution in [3.63, 3.8) is 0 Å². The summed E-state index contributed by atoms with van der Waals surface area (Å²) in [7, 11) is 0. The molecule has 0 bridgehead atoms. The lowest BCUT2D eigenvalue weighted by molar-refractivity contribution is -0.136. The van der Waals surface area contributed by atoms with Gasteiger partial charge in [-0.25, -0.2) is 9.97 Å². The molecule has 0 aliphatic heterocycles. The molecule has 0 amide bonds. The summed E-state index contributed by atoms with van der Waals surface area (Å²) in [5.41, 5.74) is 10.1. The summed E-state index contributed by atoms with van der Waals surface area (Å²) in [6, 6.07) is 5.01. The predicted octanol–water partition coefficient (Wildman–Crippen LogP) is 2.40. The fraction of sp³-hybridized carbons (Fsp3) is 0.0909. The first-order chi connectivity index (χ1) is 8.89. The lowest BCUT2D eigenvalue weighted by atomic mass is 10.1. The van der Waals surface area contributed by atoms with Crippen molar-refractivity contribution in [3.8, 4) is 0 Å². The van der Waals surface area contributed by atoms with Crippen molar-refractivity contribution in [2.24, 2.45) is 0 Å². The smallest absolute Gasteiger partial charge is 0.393 e. The quantitative estimate of drug-likeness (QED) is 0.778. The number of alkyl halides is 3. The molecule has 0 spiro atoms. The van der Waals surface area contributed by atoms with E-state index in [1.807, 2.05) is 0 Å². The van der Waals surface area contributed by atoms with Crippen molar-refractivity contribution in [2.75, 3.05) is 16.8 Å². The Bertz CT molecular complexity index is 597. The topological polar surface area (TPSA) is 89.8 Å². The van der Waals surface area contributed by atoms with E-state index in [2.05, 4.69) is 15.3 Å². The van der Waals surface area contributed by atoms with Gasteiger partial charge in [0.1, 0.15) is 12.0 Å². The first kappa shape index (κ1) is 12.9. The van der Waals surface area contributed by atoms with E-state index in [0.717, 1.165) is 12.4 Å². The fourth-order valence-electron chi connectivity index (χ4n) is 1.48. The van der Waals surface area contributed by atoms with Crippen LogP contribution >= 0.6 is 0 Å². The average Bonchev–Trinajstić information content (AvgIpc) is 2.34. The van der Waals surface area contributed by atoms with Gasteiger partial charge < -0.3 is 16.8 Å². The first-order valence-electron chi connectivity index (χ1n) is 5.19. The molecule has 1 heterocycles. The number of para-hydroxylation sites is 1. The largest absolute Gasteiger partial charge is 0.418 e. The number of nitrogens with one attached hydrogen (secondary N) is 1. The third-order valence-electron chi connectivity index (χ3n) is 2.40. The normalized spacial score (nSPS) is 11.3. The second kappa shape index (κ2) is 4.63. The van der Waals surface area contributed by atoms with Crippen LogP contribution in [0.4, 0.5) is 36.2 Å². The van der Waals surface area contributed by atoms with Crippen LogP contribution in [0.2, 0.25) is 0 Å². The summed E-state index contributed by atoms with van der Waals surface area (Å²) in [4.78, 5) is 7.39. The van der Waals surface area contributed by atoms with E-state index in [1.54, 1.807) is 0 Å². The van der Waals surface area contributed by atoms with Gasteiger partial charge in [0.05, 0.1) is 11.3 Å². The summed E-state index contributed by atoms with van der Waals surface area (Å²) in [6.07, 6.45) is -3.36. The van der Waals surface area contributed by atoms with Crippen molar-refractivity contribution in [1.82, 2.24) is 9.97 Å². The lowest BCUT2D eigenvalue weighted by Crippen LogP contribution is -2.10. The Kier molecular flexibility index (Phi) is 3.16. The van der Waals surface area contributed by atoms with Gasteiger partial charge in [0, 0.05) is 0 Å². The molecule has 5 N–H and O–H groups in total. The van der Waals surface area contributed by atoms with Crippen molar-refractivity contribution in [2.45, 2.75) is 6.18 Å². The molecule has 1 aromatic carbocycles. The number of nitrogens with zero attached hydrogens (tertiary/aromatic N) is 2. The SMILES string of the molecule is Nc1ncnc(Nc2ccccc2C(F)(F)F)c1N. The third-order valence-corrected chi connectivity index (χ3v) is 2.40. The number of rotatable bonds is 2. The number of aromatic nitrogens is 2. The molecule has 19 heavy (non-hydrogen) atoms. The van der Waals surface area contributed by atoms with Crippen LogP contribution < -0.4 is 16.8 Å². The van der Waals surface area contributed by atoms with E-state index >= 15 is 0 Å². The molecule has 0 unspecified atom stereocenters. The van der Waals surface area contributed by atoms with E-state index in [-0.39, 0.29) is 23.0 Å². The number of halogens is 3. The summed E-state index contributed by atoms with van der Waals surface area (Å²) in [5, 5.41) is 2.51. The van der Waals surface area contributed by atoms with Gasteiger partial charge in [-0.3, -0.25) is 0 Å². The second-order valence-corrected chi connectivity index (χ2v) is 3.69. The van der Waals surface area contributed by atoms with Crippen molar-refractivity contribution >= 4 is 23.0 Å². The van der Waals surface area contributed by atoms with Crippen LogP contribution in [0.3, 0.4) is 0 Å². The third kappa shape index (κ3) is 2.67. The maximum absolute atomic E-state index is 12.8. The highest BCUT2D eigenvalue weighted by Crippen LogP contribution is 2.36. The molecule has 1 aromatic heterocycles. The Morgan fingerprint density at radius 1 is 1.05 bits per heavy atom. The van der Waals surface area contributed by atoms with E-state index in [0.29, 0.717) is 0 Å². The Labute approximate surface area is 106 Å². The van der Waals surface area contributed by atoms with Crippen molar-refractivity contribution < 1.29 is 13.2 Å². The number of nitrogen functional groups attached to an aromatic ring is 2. The van der Waals surface area contributed by atoms with E-state index in [9.17, 15) is 13.2 Å². The zero-order valence-electron chi connectivity index (χ0n) is 9.57. The number of nitrogens with two attached hydrogens (primary N) is 2. The van der Waals surface area contributed by atoms with Crippen LogP contribution in [0.25, 0.3) is 0 Å². The predicted molar refractivity (Wildman–Crippen MR) is 65.6 cm³/mol. The molecule has 5 nitrogen and oxygen atoms in total. The Morgan fingerprint density at radius 2 is 1.74 bits per heavy atom. The van der Waals surface area contributed by atoms with Crippen molar-refractivity contribution in [1.29, 1.82) is 0 Å². The van der Waals surface area contributed by atoms with Gasteiger partial charge in [-0.1, -0.05) is 12.1 Å². The zero-order valence-corrected chi connectivity index (χ0v) is 9.57. The van der Waals surface area contributed by atoms with Gasteiger partial charge in [0.25, 0.3) is 0 Å². The summed E-state index contributed by atoms with van der Waals surface area (Å²) in [6.45, 7) is 0. The molecule has 0 saturated carbocycles. The van der Waals surface area contributed by atoms with Crippen molar-refractivity contribution in [3.05, 3.63) is 36.2 Å². The number of hydrogen-bond donors (Lipinski definition) is 3. The van der Waals surface area contributed by atoms with Crippen LogP contribution in [0, 0.1) is 0 Å². The van der Waals surface area contributed by atoms with Gasteiger partial charge in [0.2, 0.25) is 0 Å². The van der Waals surface area contributed by atoms with E-state index < -0.39 is 11.7 Å². The number of benzene rings is 1. The Hall–Kier alpha value is -2.51. The monoisotopic (exact) mass is 269 g/mol. The van der Waals surface area contributed by atoms with Crippen LogP contribution in [0.15, 0.2) is 30.6 Å². The summed E-state index contributed by atoms with van der Waals surface area (Å²) >= 11 is 0. The van der Waals surface area contributed by atoms with Crippen LogP contribution in [-0.4, -0.2) is 9.97 Å². The Morgan fingerprint density at radius 3 is 2.42 bits per heavy atom. The number of hydrogen-bond acceptors (Lipinski definition) is 5. The minimum absolute atomic E-state index is 0.000484. The molecule has 100 valence electrons. The molecular formula is C11H10F3N5. The molecule has 0 aliphatic carbocycles. The molecule has 0 fully saturated rings. The standard InChI is InChI=1S/C11H10F3N5/c12-11(13,14)6-3-1-2-4-7(6)19-10-8(15)9(16)17-5-18-10/h1-5H,15H2,(H3,16,17,18,19). The number of anilines is 4. The second-order valence-electron chi connectivity index (χ2n) is 3.69. The fourth-order valence-corrected chi connectivity index (χ4v) is 1.48. The average molecular weight is 269 g/mol. The summed E-state index contributed by atoms with van der Waals surface area (Å²) in [5.74, 6) is 0.0335. The molecule has 0 atom stereocenters. The minimum atomic E-state index is -4.48. The lowest BCUT2D eigenvalue weighted by Gasteiger charge is -2.14. The molecular weight excluding hydrogens is 259 g/mol.